The zero-order valence-electron chi connectivity index (χ0n) is 23.3. The van der Waals surface area contributed by atoms with Crippen molar-refractivity contribution in [1.29, 1.82) is 0 Å². The van der Waals surface area contributed by atoms with Crippen LogP contribution in [0, 0.1) is 0 Å². The summed E-state index contributed by atoms with van der Waals surface area (Å²) in [5.41, 5.74) is 2.07. The molecule has 12 heteroatoms. The maximum absolute atomic E-state index is 10.7. The third-order valence-corrected chi connectivity index (χ3v) is 7.79. The third kappa shape index (κ3) is 8.60. The molecule has 2 saturated heterocycles. The molecule has 0 aliphatic carbocycles. The third-order valence-electron chi connectivity index (χ3n) is 7.79. The first-order valence-electron chi connectivity index (χ1n) is 14.3. The van der Waals surface area contributed by atoms with Crippen molar-refractivity contribution in [2.75, 3.05) is 13.2 Å². The van der Waals surface area contributed by atoms with E-state index in [1.54, 1.807) is 24.3 Å². The highest BCUT2D eigenvalue weighted by Gasteiger charge is 2.47. The maximum Gasteiger partial charge on any atom is 0.186 e. The molecular weight excluding hydrogens is 552 g/mol. The zero-order chi connectivity index (χ0) is 30.2. The van der Waals surface area contributed by atoms with E-state index in [2.05, 4.69) is 0 Å². The molecule has 8 N–H and O–H groups in total. The standard InChI is InChI=1S/C30H42O12/c31-15-22-24(34)27(37)29(41-22)39-16-23-25(35)26(36)28(38)30(42-23)40-21(14-9-18-7-12-20(33)13-8-18)4-2-1-3-17-5-10-19(32)11-6-17/h5-8,10-13,21-38H,1-4,9,14-16H2/t21-,22-,23-,24-,25-,26+,27-,28-,29-,30-/m1/s1. The van der Waals surface area contributed by atoms with E-state index in [0.717, 1.165) is 30.4 Å². The second-order valence-electron chi connectivity index (χ2n) is 10.9. The predicted molar refractivity (Wildman–Crippen MR) is 147 cm³/mol. The van der Waals surface area contributed by atoms with Gasteiger partial charge >= 0.3 is 0 Å². The fraction of sp³-hybridized carbons (Fsp3) is 0.600. The van der Waals surface area contributed by atoms with Gasteiger partial charge in [0.25, 0.3) is 0 Å². The average molecular weight is 595 g/mol. The fourth-order valence-corrected chi connectivity index (χ4v) is 5.18. The van der Waals surface area contributed by atoms with Gasteiger partial charge in [0.1, 0.15) is 54.2 Å². The number of aromatic hydroxyl groups is 2. The smallest absolute Gasteiger partial charge is 0.186 e. The lowest BCUT2D eigenvalue weighted by atomic mass is 9.98. The van der Waals surface area contributed by atoms with Gasteiger partial charge in [-0.1, -0.05) is 30.7 Å². The fourth-order valence-electron chi connectivity index (χ4n) is 5.18. The lowest BCUT2D eigenvalue weighted by molar-refractivity contribution is -0.319. The molecule has 2 aromatic carbocycles. The summed E-state index contributed by atoms with van der Waals surface area (Å²) in [6.45, 7) is -0.885. The van der Waals surface area contributed by atoms with Crippen molar-refractivity contribution in [3.05, 3.63) is 59.7 Å². The summed E-state index contributed by atoms with van der Waals surface area (Å²) in [6, 6.07) is 13.9. The van der Waals surface area contributed by atoms with Crippen LogP contribution in [-0.2, 0) is 31.8 Å². The first kappa shape index (κ1) is 32.6. The molecule has 2 aliphatic rings. The molecular formula is C30H42O12. The highest BCUT2D eigenvalue weighted by atomic mass is 16.7. The minimum absolute atomic E-state index is 0.164. The van der Waals surface area contributed by atoms with Crippen molar-refractivity contribution >= 4 is 0 Å². The van der Waals surface area contributed by atoms with Crippen molar-refractivity contribution in [2.24, 2.45) is 0 Å². The first-order chi connectivity index (χ1) is 20.2. The molecule has 2 fully saturated rings. The highest BCUT2D eigenvalue weighted by molar-refractivity contribution is 5.26. The van der Waals surface area contributed by atoms with E-state index < -0.39 is 61.9 Å². The molecule has 0 radical (unpaired) electrons. The number of benzene rings is 2. The van der Waals surface area contributed by atoms with Crippen molar-refractivity contribution in [3.63, 3.8) is 0 Å². The number of aryl methyl sites for hydroxylation is 2. The van der Waals surface area contributed by atoms with Gasteiger partial charge in [0.05, 0.1) is 19.3 Å². The van der Waals surface area contributed by atoms with Crippen molar-refractivity contribution in [2.45, 2.75) is 99.9 Å². The van der Waals surface area contributed by atoms with E-state index in [9.17, 15) is 40.9 Å². The molecule has 0 spiro atoms. The minimum atomic E-state index is -1.60. The number of hydrogen-bond acceptors (Lipinski definition) is 12. The Balaban J connectivity index is 1.36. The molecule has 2 aliphatic heterocycles. The number of unbranched alkanes of at least 4 members (excludes halogenated alkanes) is 1. The summed E-state index contributed by atoms with van der Waals surface area (Å²) < 4.78 is 22.8. The van der Waals surface area contributed by atoms with Crippen LogP contribution in [-0.4, -0.2) is 115 Å². The van der Waals surface area contributed by atoms with Gasteiger partial charge in [0.15, 0.2) is 12.6 Å². The molecule has 2 aromatic rings. The SMILES string of the molecule is OC[C@H]1O[C@@H](OC[C@H]2O[C@@H](O[C@H](CCCCc3ccc(O)cc3)CCc3ccc(O)cc3)[C@H](O)[C@@H](O)[C@@H]2O)[C@H](O)[C@@H]1O. The lowest BCUT2D eigenvalue weighted by Gasteiger charge is -2.41. The molecule has 12 nitrogen and oxygen atoms in total. The summed E-state index contributed by atoms with van der Waals surface area (Å²) in [6.07, 6.45) is -8.39. The van der Waals surface area contributed by atoms with Crippen LogP contribution in [0.25, 0.3) is 0 Å². The van der Waals surface area contributed by atoms with E-state index in [4.69, 9.17) is 18.9 Å². The Labute approximate surface area is 244 Å². The Morgan fingerprint density at radius 3 is 1.76 bits per heavy atom. The van der Waals surface area contributed by atoms with E-state index in [1.165, 1.54) is 0 Å². The Morgan fingerprint density at radius 1 is 0.619 bits per heavy atom. The molecule has 42 heavy (non-hydrogen) atoms. The number of phenolic OH excluding ortho intramolecular Hbond substituents is 2. The summed E-state index contributed by atoms with van der Waals surface area (Å²) in [7, 11) is 0. The van der Waals surface area contributed by atoms with Gasteiger partial charge < -0.3 is 59.8 Å². The molecule has 0 unspecified atom stereocenters. The number of hydrogen-bond donors (Lipinski definition) is 8. The number of aliphatic hydroxyl groups excluding tert-OH is 6. The monoisotopic (exact) mass is 594 g/mol. The van der Waals surface area contributed by atoms with Gasteiger partial charge in [0, 0.05) is 0 Å². The van der Waals surface area contributed by atoms with Gasteiger partial charge in [-0.3, -0.25) is 0 Å². The highest BCUT2D eigenvalue weighted by Crippen LogP contribution is 2.28. The number of rotatable bonds is 14. The van der Waals surface area contributed by atoms with Crippen molar-refractivity contribution in [3.8, 4) is 11.5 Å². The summed E-state index contributed by atoms with van der Waals surface area (Å²) in [5, 5.41) is 80.2. The largest absolute Gasteiger partial charge is 0.508 e. The number of ether oxygens (including phenoxy) is 4. The maximum atomic E-state index is 10.7. The van der Waals surface area contributed by atoms with Crippen LogP contribution in [0.3, 0.4) is 0 Å². The van der Waals surface area contributed by atoms with Crippen molar-refractivity contribution < 1.29 is 59.8 Å². The Kier molecular flexibility index (Phi) is 11.9. The van der Waals surface area contributed by atoms with Gasteiger partial charge in [0.2, 0.25) is 0 Å². The number of phenols is 2. The predicted octanol–water partition coefficient (Wildman–Crippen LogP) is 0.0918. The molecule has 0 saturated carbocycles. The van der Waals surface area contributed by atoms with E-state index in [-0.39, 0.29) is 24.2 Å². The second-order valence-corrected chi connectivity index (χ2v) is 10.9. The average Bonchev–Trinajstić information content (AvgIpc) is 3.27. The van der Waals surface area contributed by atoms with Crippen LogP contribution in [0.2, 0.25) is 0 Å². The van der Waals surface area contributed by atoms with Gasteiger partial charge in [-0.05, 0) is 67.5 Å². The van der Waals surface area contributed by atoms with Crippen LogP contribution in [0.1, 0.15) is 36.8 Å². The summed E-state index contributed by atoms with van der Waals surface area (Å²) in [5.74, 6) is 0.375. The summed E-state index contributed by atoms with van der Waals surface area (Å²) in [4.78, 5) is 0. The Hall–Kier alpha value is -2.36. The van der Waals surface area contributed by atoms with Gasteiger partial charge in [-0.2, -0.15) is 0 Å². The van der Waals surface area contributed by atoms with Gasteiger partial charge in [-0.15, -0.1) is 0 Å². The Bertz CT molecular complexity index is 1070. The number of aliphatic hydroxyl groups is 6. The van der Waals surface area contributed by atoms with Crippen molar-refractivity contribution in [1.82, 2.24) is 0 Å². The molecule has 10 atom stereocenters. The zero-order valence-corrected chi connectivity index (χ0v) is 23.3. The van der Waals surface area contributed by atoms with E-state index >= 15 is 0 Å². The first-order valence-corrected chi connectivity index (χ1v) is 14.3. The molecule has 2 heterocycles. The second kappa shape index (κ2) is 15.4. The van der Waals surface area contributed by atoms with E-state index in [1.807, 2.05) is 24.3 Å². The molecule has 0 amide bonds. The van der Waals surface area contributed by atoms with Crippen LogP contribution in [0.4, 0.5) is 0 Å². The molecule has 4 rings (SSSR count). The molecule has 0 bridgehead atoms. The van der Waals surface area contributed by atoms with Crippen LogP contribution in [0.15, 0.2) is 48.5 Å². The lowest BCUT2D eigenvalue weighted by Crippen LogP contribution is -2.60. The van der Waals surface area contributed by atoms with Crippen LogP contribution >= 0.6 is 0 Å². The van der Waals surface area contributed by atoms with Crippen LogP contribution in [0.5, 0.6) is 11.5 Å². The minimum Gasteiger partial charge on any atom is -0.508 e. The topological polar surface area (TPSA) is 199 Å². The van der Waals surface area contributed by atoms with E-state index in [0.29, 0.717) is 19.3 Å². The molecule has 0 aromatic heterocycles. The molecule has 234 valence electrons. The quantitative estimate of drug-likeness (QED) is 0.137. The summed E-state index contributed by atoms with van der Waals surface area (Å²) >= 11 is 0. The Morgan fingerprint density at radius 2 is 1.17 bits per heavy atom. The normalized spacial score (nSPS) is 32.2. The van der Waals surface area contributed by atoms with Crippen LogP contribution < -0.4 is 0 Å². The van der Waals surface area contributed by atoms with Gasteiger partial charge in [-0.25, -0.2) is 0 Å².